The molecule has 132 valence electrons. The Hall–Kier alpha value is -3.42. The minimum Gasteiger partial charge on any atom is -0.423 e. The summed E-state index contributed by atoms with van der Waals surface area (Å²) in [6.45, 7) is 2.87. The second-order valence-electron chi connectivity index (χ2n) is 6.20. The number of oxazole rings is 1. The van der Waals surface area contributed by atoms with Crippen LogP contribution in [-0.2, 0) is 11.8 Å². The van der Waals surface area contributed by atoms with Gasteiger partial charge in [-0.05, 0) is 13.8 Å². The van der Waals surface area contributed by atoms with Gasteiger partial charge in [0.2, 0.25) is 0 Å². The maximum Gasteiger partial charge on any atom is 0.333 e. The first-order chi connectivity index (χ1) is 12.4. The second kappa shape index (κ2) is 5.55. The molecule has 4 rings (SSSR count). The molecule has 26 heavy (non-hydrogen) atoms. The van der Waals surface area contributed by atoms with Crippen molar-refractivity contribution in [3.8, 4) is 11.3 Å². The maximum absolute atomic E-state index is 13.0. The maximum atomic E-state index is 13.0. The van der Waals surface area contributed by atoms with Crippen LogP contribution in [0.5, 0.6) is 0 Å². The van der Waals surface area contributed by atoms with Crippen LogP contribution in [0, 0.1) is 0 Å². The number of aryl methyl sites for hydroxylation is 1. The van der Waals surface area contributed by atoms with Crippen molar-refractivity contribution in [1.29, 1.82) is 0 Å². The summed E-state index contributed by atoms with van der Waals surface area (Å²) in [6, 6.07) is 8.55. The Labute approximate surface area is 146 Å². The topological polar surface area (TPSA) is 91.5 Å². The first-order valence-corrected chi connectivity index (χ1v) is 8.09. The highest BCUT2D eigenvalue weighted by molar-refractivity contribution is 5.80. The van der Waals surface area contributed by atoms with Crippen LogP contribution in [0.25, 0.3) is 28.3 Å². The van der Waals surface area contributed by atoms with E-state index in [9.17, 15) is 14.4 Å². The number of hydrogen-bond donors (Lipinski definition) is 0. The predicted octanol–water partition coefficient (Wildman–Crippen LogP) is 1.76. The van der Waals surface area contributed by atoms with Crippen molar-refractivity contribution in [2.75, 3.05) is 0 Å². The molecule has 1 atom stereocenters. The quantitative estimate of drug-likeness (QED) is 0.560. The number of nitrogens with zero attached hydrogens (tertiary/aromatic N) is 4. The van der Waals surface area contributed by atoms with Crippen LogP contribution in [0.2, 0.25) is 0 Å². The molecule has 3 heterocycles. The molecule has 0 saturated heterocycles. The summed E-state index contributed by atoms with van der Waals surface area (Å²) in [6.07, 6.45) is 1.66. The number of hydrogen-bond acceptors (Lipinski definition) is 5. The standard InChI is InChI=1S/C18H16N4O4/c1-10(11(2)23)22-16(24)14-15(20(3)18(22)25)19-17-21(14)9-13(26-17)12-7-5-4-6-8-12/h4-10H,1-3H3/t10-/m0/s1. The number of benzene rings is 1. The minimum absolute atomic E-state index is 0.195. The fraction of sp³-hybridized carbons (Fsp3) is 0.222. The molecular weight excluding hydrogens is 336 g/mol. The number of ketones is 1. The highest BCUT2D eigenvalue weighted by Gasteiger charge is 2.23. The molecule has 0 radical (unpaired) electrons. The lowest BCUT2D eigenvalue weighted by Gasteiger charge is -2.12. The molecule has 0 bridgehead atoms. The molecule has 0 N–H and O–H groups in total. The van der Waals surface area contributed by atoms with Crippen molar-refractivity contribution >= 4 is 22.8 Å². The van der Waals surface area contributed by atoms with E-state index in [1.165, 1.54) is 29.9 Å². The first kappa shape index (κ1) is 16.1. The summed E-state index contributed by atoms with van der Waals surface area (Å²) >= 11 is 0. The Morgan fingerprint density at radius 1 is 1.19 bits per heavy atom. The lowest BCUT2D eigenvalue weighted by atomic mass is 10.2. The molecule has 4 aromatic rings. The van der Waals surface area contributed by atoms with Crippen molar-refractivity contribution in [2.45, 2.75) is 19.9 Å². The number of aromatic nitrogens is 4. The van der Waals surface area contributed by atoms with Crippen LogP contribution < -0.4 is 11.2 Å². The highest BCUT2D eigenvalue weighted by Crippen LogP contribution is 2.24. The third-order valence-electron chi connectivity index (χ3n) is 4.57. The zero-order valence-electron chi connectivity index (χ0n) is 14.5. The van der Waals surface area contributed by atoms with Gasteiger partial charge in [0.05, 0.1) is 12.2 Å². The molecule has 0 aliphatic rings. The average Bonchev–Trinajstić information content (AvgIpc) is 3.18. The number of carbonyl (C=O) groups is 1. The zero-order valence-corrected chi connectivity index (χ0v) is 14.5. The molecule has 0 amide bonds. The van der Waals surface area contributed by atoms with Crippen LogP contribution in [0.3, 0.4) is 0 Å². The van der Waals surface area contributed by atoms with Gasteiger partial charge in [-0.3, -0.25) is 18.6 Å². The number of fused-ring (bicyclic) bond motifs is 3. The summed E-state index contributed by atoms with van der Waals surface area (Å²) in [7, 11) is 1.51. The van der Waals surface area contributed by atoms with Crippen LogP contribution >= 0.6 is 0 Å². The number of imidazole rings is 1. The molecular formula is C18H16N4O4. The smallest absolute Gasteiger partial charge is 0.333 e. The van der Waals surface area contributed by atoms with E-state index in [1.807, 2.05) is 30.3 Å². The van der Waals surface area contributed by atoms with Gasteiger partial charge >= 0.3 is 11.5 Å². The number of rotatable bonds is 3. The van der Waals surface area contributed by atoms with E-state index in [-0.39, 0.29) is 22.8 Å². The second-order valence-corrected chi connectivity index (χ2v) is 6.20. The molecule has 0 unspecified atom stereocenters. The van der Waals surface area contributed by atoms with E-state index < -0.39 is 17.3 Å². The molecule has 0 fully saturated rings. The van der Waals surface area contributed by atoms with Gasteiger partial charge in [0.25, 0.3) is 5.56 Å². The fourth-order valence-corrected chi connectivity index (χ4v) is 2.98. The fourth-order valence-electron chi connectivity index (χ4n) is 2.98. The highest BCUT2D eigenvalue weighted by atomic mass is 16.4. The van der Waals surface area contributed by atoms with Crippen molar-refractivity contribution in [1.82, 2.24) is 18.5 Å². The Balaban J connectivity index is 2.08. The summed E-state index contributed by atoms with van der Waals surface area (Å²) in [4.78, 5) is 41.5. The SMILES string of the molecule is CC(=O)[C@H](C)n1c(=O)c2c(nc3oc(-c4ccccc4)cn32)n(C)c1=O. The van der Waals surface area contributed by atoms with E-state index in [2.05, 4.69) is 4.98 Å². The van der Waals surface area contributed by atoms with Crippen LogP contribution in [0.1, 0.15) is 19.9 Å². The van der Waals surface area contributed by atoms with Crippen molar-refractivity contribution < 1.29 is 9.21 Å². The first-order valence-electron chi connectivity index (χ1n) is 8.09. The largest absolute Gasteiger partial charge is 0.423 e. The summed E-state index contributed by atoms with van der Waals surface area (Å²) in [5.74, 6) is 0.482. The monoisotopic (exact) mass is 352 g/mol. The summed E-state index contributed by atoms with van der Waals surface area (Å²) in [5, 5.41) is 0. The number of Topliss-reactive ketones (excluding diaryl/α,β-unsaturated/α-hetero) is 1. The van der Waals surface area contributed by atoms with E-state index in [1.54, 1.807) is 6.20 Å². The Morgan fingerprint density at radius 2 is 1.88 bits per heavy atom. The molecule has 0 saturated carbocycles. The van der Waals surface area contributed by atoms with E-state index >= 15 is 0 Å². The molecule has 1 aromatic carbocycles. The van der Waals surface area contributed by atoms with Gasteiger partial charge in [-0.1, -0.05) is 30.3 Å². The molecule has 8 nitrogen and oxygen atoms in total. The molecule has 3 aromatic heterocycles. The van der Waals surface area contributed by atoms with Crippen molar-refractivity contribution in [2.24, 2.45) is 7.05 Å². The molecule has 8 heteroatoms. The third-order valence-corrected chi connectivity index (χ3v) is 4.57. The average molecular weight is 352 g/mol. The minimum atomic E-state index is -0.864. The Morgan fingerprint density at radius 3 is 2.54 bits per heavy atom. The summed E-state index contributed by atoms with van der Waals surface area (Å²) < 4.78 is 9.48. The normalized spacial score (nSPS) is 12.7. The van der Waals surface area contributed by atoms with E-state index in [4.69, 9.17) is 4.42 Å². The lowest BCUT2D eigenvalue weighted by molar-refractivity contribution is -0.119. The Bertz CT molecular complexity index is 1270. The summed E-state index contributed by atoms with van der Waals surface area (Å²) in [5.41, 5.74) is 0.0906. The van der Waals surface area contributed by atoms with Gasteiger partial charge in [0, 0.05) is 12.6 Å². The molecule has 0 aliphatic heterocycles. The lowest BCUT2D eigenvalue weighted by Crippen LogP contribution is -2.42. The molecule has 0 spiro atoms. The van der Waals surface area contributed by atoms with Gasteiger partial charge in [0.15, 0.2) is 22.7 Å². The van der Waals surface area contributed by atoms with Crippen molar-refractivity contribution in [3.05, 3.63) is 57.4 Å². The predicted molar refractivity (Wildman–Crippen MR) is 95.3 cm³/mol. The van der Waals surface area contributed by atoms with Gasteiger partial charge in [-0.15, -0.1) is 0 Å². The van der Waals surface area contributed by atoms with Crippen molar-refractivity contribution in [3.63, 3.8) is 0 Å². The van der Waals surface area contributed by atoms with Gasteiger partial charge in [-0.2, -0.15) is 4.98 Å². The van der Waals surface area contributed by atoms with Crippen LogP contribution in [-0.4, -0.2) is 24.3 Å². The van der Waals surface area contributed by atoms with E-state index in [0.29, 0.717) is 5.76 Å². The van der Waals surface area contributed by atoms with Crippen LogP contribution in [0.4, 0.5) is 0 Å². The van der Waals surface area contributed by atoms with Gasteiger partial charge < -0.3 is 4.42 Å². The van der Waals surface area contributed by atoms with Gasteiger partial charge in [-0.25, -0.2) is 9.36 Å². The Kier molecular flexibility index (Phi) is 3.43. The molecule has 0 aliphatic carbocycles. The van der Waals surface area contributed by atoms with Gasteiger partial charge in [0.1, 0.15) is 0 Å². The van der Waals surface area contributed by atoms with E-state index in [0.717, 1.165) is 10.1 Å². The van der Waals surface area contributed by atoms with Crippen LogP contribution in [0.15, 0.2) is 50.5 Å². The third kappa shape index (κ3) is 2.15. The number of carbonyl (C=O) groups excluding carboxylic acids is 1. The zero-order chi connectivity index (χ0) is 18.6.